The van der Waals surface area contributed by atoms with Crippen molar-refractivity contribution in [3.8, 4) is 0 Å². The summed E-state index contributed by atoms with van der Waals surface area (Å²) in [6.07, 6.45) is 0. The predicted molar refractivity (Wildman–Crippen MR) is 19.2 cm³/mol. The minimum Gasteiger partial charge on any atom is -0.358 e. The molecule has 0 saturated heterocycles. The molecule has 0 amide bonds. The van der Waals surface area contributed by atoms with Crippen molar-refractivity contribution in [1.82, 2.24) is 0 Å². The summed E-state index contributed by atoms with van der Waals surface area (Å²) in [5.41, 5.74) is 0. The van der Waals surface area contributed by atoms with Crippen LogP contribution in [0.5, 0.6) is 0 Å². The van der Waals surface area contributed by atoms with E-state index in [9.17, 15) is 0 Å². The summed E-state index contributed by atoms with van der Waals surface area (Å²) in [6, 6.07) is 0. The van der Waals surface area contributed by atoms with E-state index in [1.54, 1.807) is 0 Å². The molecule has 0 radical (unpaired) electrons. The molecule has 0 saturated carbocycles. The molecule has 0 fully saturated rings. The monoisotopic (exact) mass is 109 g/mol. The third-order valence-electron chi connectivity index (χ3n) is 0. The molecule has 0 spiro atoms. The van der Waals surface area contributed by atoms with Crippen LogP contribution in [-0.2, 0) is 19.5 Å². The Morgan fingerprint density at radius 3 is 0.500 bits per heavy atom. The SMILES string of the molecule is [CH3-].[CH3-].[CH3-].[Zn]. The van der Waals surface area contributed by atoms with E-state index in [1.165, 1.54) is 0 Å². The third kappa shape index (κ3) is 17.8. The van der Waals surface area contributed by atoms with E-state index in [1.807, 2.05) is 0 Å². The largest absolute Gasteiger partial charge is 0.358 e. The van der Waals surface area contributed by atoms with Gasteiger partial charge in [-0.3, -0.25) is 0 Å². The summed E-state index contributed by atoms with van der Waals surface area (Å²) in [7, 11) is 0. The normalized spacial score (nSPS) is 0. The third-order valence-corrected chi connectivity index (χ3v) is 0. The molecule has 0 atom stereocenters. The van der Waals surface area contributed by atoms with Crippen LogP contribution in [0.25, 0.3) is 0 Å². The van der Waals surface area contributed by atoms with Gasteiger partial charge < -0.3 is 22.3 Å². The van der Waals surface area contributed by atoms with Crippen LogP contribution in [0.3, 0.4) is 0 Å². The molecule has 0 rings (SSSR count). The molecule has 0 aromatic heterocycles. The standard InChI is InChI=1S/3CH3.Zn/h3*1H3;/q3*-1;. The van der Waals surface area contributed by atoms with Gasteiger partial charge >= 0.3 is 0 Å². The maximum absolute atomic E-state index is 0. The molecule has 4 heavy (non-hydrogen) atoms. The van der Waals surface area contributed by atoms with Gasteiger partial charge in [0, 0.05) is 19.5 Å². The van der Waals surface area contributed by atoms with E-state index in [0.717, 1.165) is 0 Å². The zero-order valence-corrected chi connectivity index (χ0v) is 6.67. The molecule has 1 heteroatoms. The Balaban J connectivity index is 0. The van der Waals surface area contributed by atoms with E-state index in [0.29, 0.717) is 0 Å². The van der Waals surface area contributed by atoms with Gasteiger partial charge in [0.1, 0.15) is 0 Å². The summed E-state index contributed by atoms with van der Waals surface area (Å²) >= 11 is 0. The molecule has 0 aromatic carbocycles. The first-order chi connectivity index (χ1) is 0. The molecule has 0 nitrogen and oxygen atoms in total. The second-order valence-electron chi connectivity index (χ2n) is 0. The Hall–Kier alpha value is 0.623. The van der Waals surface area contributed by atoms with Crippen LogP contribution in [-0.4, -0.2) is 0 Å². The van der Waals surface area contributed by atoms with Gasteiger partial charge in [-0.1, -0.05) is 0 Å². The van der Waals surface area contributed by atoms with Crippen LogP contribution >= 0.6 is 0 Å². The molecule has 0 aliphatic heterocycles. The second-order valence-corrected chi connectivity index (χ2v) is 0. The van der Waals surface area contributed by atoms with Crippen molar-refractivity contribution in [3.05, 3.63) is 22.3 Å². The average Bonchev–Trinajstić information content (AvgIpc) is 0. The van der Waals surface area contributed by atoms with Crippen molar-refractivity contribution in [2.45, 2.75) is 0 Å². The van der Waals surface area contributed by atoms with Crippen LogP contribution in [0.4, 0.5) is 0 Å². The Kier molecular flexibility index (Phi) is 2510. The molecule has 0 aromatic rings. The molecule has 26 valence electrons. The Morgan fingerprint density at radius 1 is 0.500 bits per heavy atom. The maximum Gasteiger partial charge on any atom is 0 e. The average molecular weight is 110 g/mol. The molecular formula is C3H9Zn-3. The van der Waals surface area contributed by atoms with Crippen molar-refractivity contribution in [2.75, 3.05) is 0 Å². The van der Waals surface area contributed by atoms with Gasteiger partial charge in [-0.15, -0.1) is 0 Å². The van der Waals surface area contributed by atoms with Gasteiger partial charge in [-0.05, 0) is 0 Å². The van der Waals surface area contributed by atoms with E-state index in [2.05, 4.69) is 0 Å². The molecular weight excluding hydrogens is 101 g/mol. The quantitative estimate of drug-likeness (QED) is 0.326. The summed E-state index contributed by atoms with van der Waals surface area (Å²) in [4.78, 5) is 0. The molecule has 0 heterocycles. The van der Waals surface area contributed by atoms with Crippen molar-refractivity contribution in [3.63, 3.8) is 0 Å². The zero-order valence-electron chi connectivity index (χ0n) is 3.71. The number of hydrogen-bond donors (Lipinski definition) is 0. The Labute approximate surface area is 42.4 Å². The summed E-state index contributed by atoms with van der Waals surface area (Å²) in [6.45, 7) is 0. The van der Waals surface area contributed by atoms with E-state index >= 15 is 0 Å². The molecule has 0 aliphatic rings. The van der Waals surface area contributed by atoms with Gasteiger partial charge in [0.25, 0.3) is 0 Å². The first kappa shape index (κ1) is 156. The Morgan fingerprint density at radius 2 is 0.500 bits per heavy atom. The fraction of sp³-hybridized carbons (Fsp3) is 0. The first-order valence-electron chi connectivity index (χ1n) is 0. The van der Waals surface area contributed by atoms with Gasteiger partial charge in [0.15, 0.2) is 0 Å². The topological polar surface area (TPSA) is 0 Å². The Bertz CT molecular complexity index is 3.25. The van der Waals surface area contributed by atoms with Gasteiger partial charge in [-0.25, -0.2) is 0 Å². The predicted octanol–water partition coefficient (Wildman–Crippen LogP) is 1.35. The van der Waals surface area contributed by atoms with Gasteiger partial charge in [0.2, 0.25) is 0 Å². The number of rotatable bonds is 0. The van der Waals surface area contributed by atoms with Crippen LogP contribution in [0.15, 0.2) is 0 Å². The van der Waals surface area contributed by atoms with E-state index in [4.69, 9.17) is 0 Å². The summed E-state index contributed by atoms with van der Waals surface area (Å²) < 4.78 is 0. The fourth-order valence-corrected chi connectivity index (χ4v) is 0. The zero-order chi connectivity index (χ0) is 0. The van der Waals surface area contributed by atoms with Crippen molar-refractivity contribution in [2.24, 2.45) is 0 Å². The smallest absolute Gasteiger partial charge is 0 e. The van der Waals surface area contributed by atoms with E-state index < -0.39 is 0 Å². The van der Waals surface area contributed by atoms with Crippen molar-refractivity contribution < 1.29 is 19.5 Å². The first-order valence-corrected chi connectivity index (χ1v) is 0. The minimum atomic E-state index is 0. The maximum atomic E-state index is 0. The molecule has 0 bridgehead atoms. The molecule has 0 aliphatic carbocycles. The van der Waals surface area contributed by atoms with Crippen LogP contribution in [0.2, 0.25) is 0 Å². The van der Waals surface area contributed by atoms with Gasteiger partial charge in [0.05, 0.1) is 0 Å². The molecule has 0 unspecified atom stereocenters. The fourth-order valence-electron chi connectivity index (χ4n) is 0. The van der Waals surface area contributed by atoms with Crippen LogP contribution < -0.4 is 0 Å². The van der Waals surface area contributed by atoms with E-state index in [-0.39, 0.29) is 41.8 Å². The minimum absolute atomic E-state index is 0. The van der Waals surface area contributed by atoms with Crippen molar-refractivity contribution >= 4 is 0 Å². The number of hydrogen-bond acceptors (Lipinski definition) is 0. The van der Waals surface area contributed by atoms with Crippen LogP contribution in [0.1, 0.15) is 0 Å². The summed E-state index contributed by atoms with van der Waals surface area (Å²) in [5.74, 6) is 0. The second kappa shape index (κ2) is 64.2. The summed E-state index contributed by atoms with van der Waals surface area (Å²) in [5, 5.41) is 0. The van der Waals surface area contributed by atoms with Gasteiger partial charge in [-0.2, -0.15) is 0 Å². The van der Waals surface area contributed by atoms with Crippen LogP contribution in [0, 0.1) is 22.3 Å². The van der Waals surface area contributed by atoms with Crippen molar-refractivity contribution in [1.29, 1.82) is 0 Å². The molecule has 0 N–H and O–H groups in total.